The Kier molecular flexibility index (Phi) is 5.53. The molecule has 0 saturated carbocycles. The number of methoxy groups -OCH3 is 1. The summed E-state index contributed by atoms with van der Waals surface area (Å²) in [4.78, 5) is 14.5. The number of aromatic nitrogens is 2. The zero-order valence-electron chi connectivity index (χ0n) is 17.7. The number of piperidine rings is 1. The van der Waals surface area contributed by atoms with Crippen molar-refractivity contribution in [3.05, 3.63) is 53.9 Å². The second-order valence-corrected chi connectivity index (χ2v) is 7.81. The van der Waals surface area contributed by atoms with Crippen molar-refractivity contribution >= 4 is 6.03 Å². The number of rotatable bonds is 5. The molecule has 1 N–H and O–H groups in total. The number of likely N-dealkylation sites (tertiary alicyclic amines) is 1. The van der Waals surface area contributed by atoms with Gasteiger partial charge in [0.15, 0.2) is 11.5 Å². The van der Waals surface area contributed by atoms with Crippen molar-refractivity contribution in [2.45, 2.75) is 25.3 Å². The number of carbonyl (C=O) groups is 1. The van der Waals surface area contributed by atoms with Crippen LogP contribution in [-0.2, 0) is 6.54 Å². The Balaban J connectivity index is 1.20. The quantitative estimate of drug-likeness (QED) is 0.653. The standard InChI is InChI=1S/C23H24N4O5/c1-29-18-7-4-15(5-8-18)12-24-23(28)27-10-2-3-17(13-27)22-26-25-21(32-22)16-6-9-19-20(11-16)31-14-30-19/h4-9,11,17H,2-3,10,12-14H2,1H3,(H,24,28)/t17-/m1/s1. The molecule has 0 unspecified atom stereocenters. The predicted octanol–water partition coefficient (Wildman–Crippen LogP) is 3.56. The van der Waals surface area contributed by atoms with Crippen LogP contribution in [0.4, 0.5) is 4.79 Å². The molecule has 1 fully saturated rings. The first-order valence-electron chi connectivity index (χ1n) is 10.6. The van der Waals surface area contributed by atoms with Crippen LogP contribution in [0.3, 0.4) is 0 Å². The minimum Gasteiger partial charge on any atom is -0.497 e. The zero-order chi connectivity index (χ0) is 21.9. The first kappa shape index (κ1) is 20.2. The molecule has 32 heavy (non-hydrogen) atoms. The summed E-state index contributed by atoms with van der Waals surface area (Å²) >= 11 is 0. The topological polar surface area (TPSA) is 99.0 Å². The van der Waals surface area contributed by atoms with Gasteiger partial charge in [0.05, 0.1) is 13.0 Å². The first-order valence-corrected chi connectivity index (χ1v) is 10.6. The molecule has 2 amide bonds. The highest BCUT2D eigenvalue weighted by Gasteiger charge is 2.29. The van der Waals surface area contributed by atoms with E-state index in [4.69, 9.17) is 18.6 Å². The highest BCUT2D eigenvalue weighted by Crippen LogP contribution is 2.36. The lowest BCUT2D eigenvalue weighted by Crippen LogP contribution is -2.44. The molecule has 9 heteroatoms. The van der Waals surface area contributed by atoms with Crippen LogP contribution in [-0.4, -0.2) is 48.1 Å². The lowest BCUT2D eigenvalue weighted by Gasteiger charge is -2.31. The number of hydrogen-bond donors (Lipinski definition) is 1. The van der Waals surface area contributed by atoms with Gasteiger partial charge in [-0.3, -0.25) is 0 Å². The van der Waals surface area contributed by atoms with Crippen molar-refractivity contribution in [1.29, 1.82) is 0 Å². The van der Waals surface area contributed by atoms with Gasteiger partial charge in [-0.1, -0.05) is 12.1 Å². The Labute approximate surface area is 185 Å². The minimum atomic E-state index is -0.0963. The molecule has 1 saturated heterocycles. The minimum absolute atomic E-state index is 0.00532. The van der Waals surface area contributed by atoms with Gasteiger partial charge in [-0.25, -0.2) is 4.79 Å². The maximum absolute atomic E-state index is 12.7. The SMILES string of the molecule is COc1ccc(CNC(=O)N2CCC[C@@H](c3nnc(-c4ccc5c(c4)OCO5)o3)C2)cc1. The molecule has 3 aromatic rings. The lowest BCUT2D eigenvalue weighted by molar-refractivity contribution is 0.173. The molecular formula is C23H24N4O5. The average molecular weight is 436 g/mol. The van der Waals surface area contributed by atoms with Crippen molar-refractivity contribution in [3.63, 3.8) is 0 Å². The first-order chi connectivity index (χ1) is 15.7. The van der Waals surface area contributed by atoms with E-state index in [1.165, 1.54) is 0 Å². The molecule has 2 aromatic carbocycles. The Hall–Kier alpha value is -3.75. The largest absolute Gasteiger partial charge is 0.497 e. The van der Waals surface area contributed by atoms with Crippen molar-refractivity contribution in [2.75, 3.05) is 27.0 Å². The van der Waals surface area contributed by atoms with Crippen molar-refractivity contribution in [3.8, 4) is 28.7 Å². The smallest absolute Gasteiger partial charge is 0.317 e. The summed E-state index contributed by atoms with van der Waals surface area (Å²) in [6.45, 7) is 1.91. The van der Waals surface area contributed by atoms with Gasteiger partial charge in [-0.2, -0.15) is 0 Å². The summed E-state index contributed by atoms with van der Waals surface area (Å²) in [5.41, 5.74) is 1.79. The van der Waals surface area contributed by atoms with Crippen LogP contribution in [0.1, 0.15) is 30.2 Å². The van der Waals surface area contributed by atoms with Crippen LogP contribution in [0.25, 0.3) is 11.5 Å². The number of nitrogens with zero attached hydrogens (tertiary/aromatic N) is 3. The van der Waals surface area contributed by atoms with E-state index in [0.717, 1.165) is 29.7 Å². The summed E-state index contributed by atoms with van der Waals surface area (Å²) in [5.74, 6) is 3.14. The zero-order valence-corrected chi connectivity index (χ0v) is 17.7. The molecule has 1 atom stereocenters. The van der Waals surface area contributed by atoms with Gasteiger partial charge < -0.3 is 28.8 Å². The summed E-state index contributed by atoms with van der Waals surface area (Å²) < 4.78 is 21.9. The molecule has 0 aliphatic carbocycles. The highest BCUT2D eigenvalue weighted by atomic mass is 16.7. The van der Waals surface area contributed by atoms with Crippen LogP contribution >= 0.6 is 0 Å². The summed E-state index contributed by atoms with van der Waals surface area (Å²) in [7, 11) is 1.63. The fourth-order valence-electron chi connectivity index (χ4n) is 3.94. The van der Waals surface area contributed by atoms with E-state index in [9.17, 15) is 4.79 Å². The van der Waals surface area contributed by atoms with Gasteiger partial charge in [0.2, 0.25) is 18.6 Å². The monoisotopic (exact) mass is 436 g/mol. The Morgan fingerprint density at radius 2 is 2.00 bits per heavy atom. The average Bonchev–Trinajstić information content (AvgIpc) is 3.52. The van der Waals surface area contributed by atoms with Crippen LogP contribution < -0.4 is 19.5 Å². The molecular weight excluding hydrogens is 412 g/mol. The Bertz CT molecular complexity index is 1100. The number of fused-ring (bicyclic) bond motifs is 1. The van der Waals surface area contributed by atoms with Gasteiger partial charge in [0.25, 0.3) is 0 Å². The predicted molar refractivity (Wildman–Crippen MR) is 115 cm³/mol. The lowest BCUT2D eigenvalue weighted by atomic mass is 9.98. The molecule has 5 rings (SSSR count). The molecule has 1 aromatic heterocycles. The van der Waals surface area contributed by atoms with E-state index in [1.54, 1.807) is 7.11 Å². The van der Waals surface area contributed by atoms with E-state index in [2.05, 4.69) is 15.5 Å². The fourth-order valence-corrected chi connectivity index (χ4v) is 3.94. The summed E-state index contributed by atoms with van der Waals surface area (Å²) in [5, 5.41) is 11.4. The van der Waals surface area contributed by atoms with Crippen LogP contribution in [0.2, 0.25) is 0 Å². The number of ether oxygens (including phenoxy) is 3. The molecule has 2 aliphatic rings. The Morgan fingerprint density at radius 3 is 2.84 bits per heavy atom. The maximum Gasteiger partial charge on any atom is 0.317 e. The van der Waals surface area contributed by atoms with E-state index >= 15 is 0 Å². The molecule has 9 nitrogen and oxygen atoms in total. The van der Waals surface area contributed by atoms with Crippen molar-refractivity contribution in [1.82, 2.24) is 20.4 Å². The van der Waals surface area contributed by atoms with Gasteiger partial charge in [-0.15, -0.1) is 10.2 Å². The number of urea groups is 1. The van der Waals surface area contributed by atoms with Crippen LogP contribution in [0.5, 0.6) is 17.2 Å². The van der Waals surface area contributed by atoms with Gasteiger partial charge in [-0.05, 0) is 48.7 Å². The van der Waals surface area contributed by atoms with Crippen molar-refractivity contribution in [2.24, 2.45) is 0 Å². The number of carbonyl (C=O) groups excluding carboxylic acids is 1. The van der Waals surface area contributed by atoms with Gasteiger partial charge in [0.1, 0.15) is 5.75 Å². The third-order valence-corrected chi connectivity index (χ3v) is 5.72. The molecule has 3 heterocycles. The number of amides is 2. The van der Waals surface area contributed by atoms with E-state index in [1.807, 2.05) is 47.4 Å². The van der Waals surface area contributed by atoms with Crippen LogP contribution in [0, 0.1) is 0 Å². The second-order valence-electron chi connectivity index (χ2n) is 7.81. The van der Waals surface area contributed by atoms with E-state index in [-0.39, 0.29) is 18.7 Å². The fraction of sp³-hybridized carbons (Fsp3) is 0.348. The molecule has 2 aliphatic heterocycles. The van der Waals surface area contributed by atoms with Crippen molar-refractivity contribution < 1.29 is 23.4 Å². The van der Waals surface area contributed by atoms with E-state index < -0.39 is 0 Å². The maximum atomic E-state index is 12.7. The Morgan fingerprint density at radius 1 is 1.16 bits per heavy atom. The molecule has 0 spiro atoms. The summed E-state index contributed by atoms with van der Waals surface area (Å²) in [6.07, 6.45) is 1.77. The van der Waals surface area contributed by atoms with Gasteiger partial charge in [0, 0.05) is 25.2 Å². The number of hydrogen-bond acceptors (Lipinski definition) is 7. The third-order valence-electron chi connectivity index (χ3n) is 5.72. The van der Waals surface area contributed by atoms with Gasteiger partial charge >= 0.3 is 6.03 Å². The van der Waals surface area contributed by atoms with E-state index in [0.29, 0.717) is 42.9 Å². The molecule has 0 bridgehead atoms. The highest BCUT2D eigenvalue weighted by molar-refractivity contribution is 5.74. The summed E-state index contributed by atoms with van der Waals surface area (Å²) in [6, 6.07) is 13.1. The third kappa shape index (κ3) is 4.18. The number of benzene rings is 2. The second kappa shape index (κ2) is 8.78. The normalized spacial score (nSPS) is 17.3. The molecule has 0 radical (unpaired) electrons. The van der Waals surface area contributed by atoms with Crippen LogP contribution in [0.15, 0.2) is 46.9 Å². The number of nitrogens with one attached hydrogen (secondary N) is 1. The molecule has 166 valence electrons.